The van der Waals surface area contributed by atoms with E-state index in [-0.39, 0.29) is 5.92 Å². The van der Waals surface area contributed by atoms with Gasteiger partial charge in [0.05, 0.1) is 6.61 Å². The minimum absolute atomic E-state index is 0.268. The fourth-order valence-corrected chi connectivity index (χ4v) is 4.09. The van der Waals surface area contributed by atoms with Crippen molar-refractivity contribution in [1.82, 2.24) is 20.4 Å². The Morgan fingerprint density at radius 2 is 2.00 bits per heavy atom. The van der Waals surface area contributed by atoms with Gasteiger partial charge in [-0.1, -0.05) is 19.3 Å². The van der Waals surface area contributed by atoms with Crippen molar-refractivity contribution in [3.8, 4) is 0 Å². The number of hydrogen-bond donors (Lipinski definition) is 2. The zero-order valence-electron chi connectivity index (χ0n) is 18.2. The Kier molecular flexibility index (Phi) is 10.6. The Hall–Kier alpha value is -1.34. The van der Waals surface area contributed by atoms with Crippen LogP contribution in [0, 0.1) is 5.92 Å². The van der Waals surface area contributed by atoms with Gasteiger partial charge in [-0.15, -0.1) is 0 Å². The van der Waals surface area contributed by atoms with E-state index < -0.39 is 0 Å². The maximum absolute atomic E-state index is 12.7. The average Bonchev–Trinajstić information content (AvgIpc) is 3.18. The van der Waals surface area contributed by atoms with Crippen LogP contribution in [-0.4, -0.2) is 87.7 Å². The smallest absolute Gasteiger partial charge is 0.225 e. The lowest BCUT2D eigenvalue weighted by molar-refractivity contribution is -0.135. The van der Waals surface area contributed by atoms with Gasteiger partial charge < -0.3 is 25.2 Å². The van der Waals surface area contributed by atoms with Gasteiger partial charge in [0.2, 0.25) is 5.91 Å². The van der Waals surface area contributed by atoms with Crippen molar-refractivity contribution in [1.29, 1.82) is 0 Å². The first-order chi connectivity index (χ1) is 13.6. The molecule has 2 rings (SSSR count). The number of carbonyl (C=O) groups is 1. The first-order valence-electron chi connectivity index (χ1n) is 11.1. The second-order valence-electron chi connectivity index (χ2n) is 8.16. The Balaban J connectivity index is 1.73. The van der Waals surface area contributed by atoms with Gasteiger partial charge >= 0.3 is 0 Å². The fourth-order valence-electron chi connectivity index (χ4n) is 4.09. The Labute approximate surface area is 171 Å². The lowest BCUT2D eigenvalue weighted by atomic mass is 9.88. The van der Waals surface area contributed by atoms with E-state index in [1.807, 2.05) is 0 Å². The van der Waals surface area contributed by atoms with Crippen LogP contribution in [0.1, 0.15) is 51.9 Å². The number of aliphatic imine (C=N–C) groups is 1. The highest BCUT2D eigenvalue weighted by atomic mass is 16.5. The molecule has 28 heavy (non-hydrogen) atoms. The number of ether oxygens (including phenoxy) is 1. The molecule has 162 valence electrons. The number of guanidine groups is 1. The standard InChI is InChI=1S/C21H41N5O2/c1-4-22-21(23-12-8-13-25(2)15-16-28-3)24-19-11-14-26(17-19)20(27)18-9-6-5-7-10-18/h18-19H,4-17H2,1-3H3,(H2,22,23,24). The summed E-state index contributed by atoms with van der Waals surface area (Å²) in [7, 11) is 3.85. The predicted octanol–water partition coefficient (Wildman–Crippen LogP) is 1.69. The maximum atomic E-state index is 12.7. The minimum Gasteiger partial charge on any atom is -0.383 e. The van der Waals surface area contributed by atoms with Crippen LogP contribution in [0.3, 0.4) is 0 Å². The Morgan fingerprint density at radius 1 is 1.21 bits per heavy atom. The van der Waals surface area contributed by atoms with Gasteiger partial charge in [0, 0.05) is 51.8 Å². The second kappa shape index (κ2) is 13.0. The van der Waals surface area contributed by atoms with Crippen LogP contribution < -0.4 is 10.6 Å². The molecule has 1 atom stereocenters. The molecule has 1 saturated heterocycles. The molecule has 2 fully saturated rings. The van der Waals surface area contributed by atoms with Gasteiger partial charge in [0.25, 0.3) is 0 Å². The van der Waals surface area contributed by atoms with Crippen molar-refractivity contribution in [2.75, 3.05) is 60.0 Å². The molecule has 0 aromatic carbocycles. The highest BCUT2D eigenvalue weighted by Gasteiger charge is 2.31. The largest absolute Gasteiger partial charge is 0.383 e. The molecule has 1 unspecified atom stereocenters. The van der Waals surface area contributed by atoms with Gasteiger partial charge in [-0.05, 0) is 46.2 Å². The summed E-state index contributed by atoms with van der Waals surface area (Å²) in [5, 5.41) is 6.88. The number of likely N-dealkylation sites (tertiary alicyclic amines) is 1. The maximum Gasteiger partial charge on any atom is 0.225 e. The summed E-state index contributed by atoms with van der Waals surface area (Å²) in [4.78, 5) is 21.8. The van der Waals surface area contributed by atoms with Gasteiger partial charge in [-0.3, -0.25) is 9.79 Å². The molecule has 1 amide bonds. The lowest BCUT2D eigenvalue weighted by Crippen LogP contribution is -2.45. The van der Waals surface area contributed by atoms with E-state index >= 15 is 0 Å². The molecule has 0 aromatic heterocycles. The van der Waals surface area contributed by atoms with Crippen LogP contribution in [0.25, 0.3) is 0 Å². The minimum atomic E-state index is 0.268. The third-order valence-corrected chi connectivity index (χ3v) is 5.78. The van der Waals surface area contributed by atoms with Crippen LogP contribution in [0.15, 0.2) is 4.99 Å². The Morgan fingerprint density at radius 3 is 2.71 bits per heavy atom. The summed E-state index contributed by atoms with van der Waals surface area (Å²) in [5.41, 5.74) is 0. The zero-order chi connectivity index (χ0) is 20.2. The summed E-state index contributed by atoms with van der Waals surface area (Å²) in [6, 6.07) is 0.301. The van der Waals surface area contributed by atoms with E-state index in [1.165, 1.54) is 19.3 Å². The summed E-state index contributed by atoms with van der Waals surface area (Å²) in [5.74, 6) is 1.52. The summed E-state index contributed by atoms with van der Waals surface area (Å²) in [6.45, 7) is 8.13. The highest BCUT2D eigenvalue weighted by molar-refractivity contribution is 5.81. The molecule has 7 nitrogen and oxygen atoms in total. The quantitative estimate of drug-likeness (QED) is 0.335. The molecule has 0 spiro atoms. The van der Waals surface area contributed by atoms with E-state index in [2.05, 4.69) is 34.4 Å². The number of nitrogens with zero attached hydrogens (tertiary/aromatic N) is 3. The summed E-state index contributed by atoms with van der Waals surface area (Å²) >= 11 is 0. The number of methoxy groups -OCH3 is 1. The first kappa shape index (κ1) is 22.9. The van der Waals surface area contributed by atoms with Crippen LogP contribution in [-0.2, 0) is 9.53 Å². The highest BCUT2D eigenvalue weighted by Crippen LogP contribution is 2.26. The molecule has 2 N–H and O–H groups in total. The topological polar surface area (TPSA) is 69.2 Å². The molecule has 1 saturated carbocycles. The van der Waals surface area contributed by atoms with E-state index in [9.17, 15) is 4.79 Å². The van der Waals surface area contributed by atoms with Crippen LogP contribution >= 0.6 is 0 Å². The first-order valence-corrected chi connectivity index (χ1v) is 11.1. The Bertz CT molecular complexity index is 479. The molecule has 0 radical (unpaired) electrons. The van der Waals surface area contributed by atoms with Gasteiger partial charge in [-0.25, -0.2) is 0 Å². The van der Waals surface area contributed by atoms with Crippen LogP contribution in [0.4, 0.5) is 0 Å². The van der Waals surface area contributed by atoms with E-state index in [4.69, 9.17) is 9.73 Å². The monoisotopic (exact) mass is 395 g/mol. The van der Waals surface area contributed by atoms with Gasteiger partial charge in [0.1, 0.15) is 0 Å². The molecule has 2 aliphatic rings. The third kappa shape index (κ3) is 7.95. The van der Waals surface area contributed by atoms with Gasteiger partial charge in [-0.2, -0.15) is 0 Å². The number of nitrogens with one attached hydrogen (secondary N) is 2. The zero-order valence-corrected chi connectivity index (χ0v) is 18.2. The molecule has 0 bridgehead atoms. The number of hydrogen-bond acceptors (Lipinski definition) is 4. The van der Waals surface area contributed by atoms with Crippen molar-refractivity contribution in [3.05, 3.63) is 0 Å². The molecular formula is C21H41N5O2. The molecule has 1 heterocycles. The van der Waals surface area contributed by atoms with E-state index in [1.54, 1.807) is 7.11 Å². The second-order valence-corrected chi connectivity index (χ2v) is 8.16. The predicted molar refractivity (Wildman–Crippen MR) is 115 cm³/mol. The van der Waals surface area contributed by atoms with Crippen molar-refractivity contribution < 1.29 is 9.53 Å². The summed E-state index contributed by atoms with van der Waals surface area (Å²) in [6.07, 6.45) is 7.90. The van der Waals surface area contributed by atoms with E-state index in [0.29, 0.717) is 11.9 Å². The molecule has 1 aliphatic carbocycles. The SMILES string of the molecule is CCNC(=NCCCN(C)CCOC)NC1CCN(C(=O)C2CCCCC2)C1. The summed E-state index contributed by atoms with van der Waals surface area (Å²) < 4.78 is 5.11. The average molecular weight is 396 g/mol. The number of carbonyl (C=O) groups excluding carboxylic acids is 1. The molecular weight excluding hydrogens is 354 g/mol. The molecule has 7 heteroatoms. The van der Waals surface area contributed by atoms with Crippen molar-refractivity contribution in [2.45, 2.75) is 57.9 Å². The normalized spacial score (nSPS) is 21.4. The van der Waals surface area contributed by atoms with Crippen LogP contribution in [0.2, 0.25) is 0 Å². The molecule has 0 aromatic rings. The number of rotatable bonds is 10. The van der Waals surface area contributed by atoms with E-state index in [0.717, 1.165) is 77.5 Å². The number of likely N-dealkylation sites (N-methyl/N-ethyl adjacent to an activating group) is 1. The fraction of sp³-hybridized carbons (Fsp3) is 0.905. The van der Waals surface area contributed by atoms with Crippen molar-refractivity contribution in [2.24, 2.45) is 10.9 Å². The van der Waals surface area contributed by atoms with Crippen molar-refractivity contribution in [3.63, 3.8) is 0 Å². The van der Waals surface area contributed by atoms with Crippen LogP contribution in [0.5, 0.6) is 0 Å². The third-order valence-electron chi connectivity index (χ3n) is 5.78. The van der Waals surface area contributed by atoms with Crippen molar-refractivity contribution >= 4 is 11.9 Å². The molecule has 1 aliphatic heterocycles. The van der Waals surface area contributed by atoms with Gasteiger partial charge in [0.15, 0.2) is 5.96 Å². The number of amides is 1. The lowest BCUT2D eigenvalue weighted by Gasteiger charge is -2.26.